The number of para-hydroxylation sites is 1. The van der Waals surface area contributed by atoms with Gasteiger partial charge in [-0.2, -0.15) is 0 Å². The molecule has 8 heteroatoms. The summed E-state index contributed by atoms with van der Waals surface area (Å²) in [5, 5.41) is 0. The van der Waals surface area contributed by atoms with Crippen LogP contribution in [-0.2, 0) is 5.41 Å². The summed E-state index contributed by atoms with van der Waals surface area (Å²) in [6, 6.07) is 16.8. The average molecular weight is 692 g/mol. The highest BCUT2D eigenvalue weighted by Gasteiger charge is 2.68. The van der Waals surface area contributed by atoms with Gasteiger partial charge in [-0.05, 0) is 62.2 Å². The molecule has 0 amide bonds. The fraction of sp³-hybridized carbons (Fsp3) is 0.314. The van der Waals surface area contributed by atoms with Gasteiger partial charge in [-0.1, -0.05) is 44.2 Å². The van der Waals surface area contributed by atoms with Gasteiger partial charge in [0, 0.05) is 79.8 Å². The third-order valence-corrected chi connectivity index (χ3v) is 9.46. The highest BCUT2D eigenvalue weighted by Crippen LogP contribution is 2.49. The van der Waals surface area contributed by atoms with Gasteiger partial charge in [-0.25, -0.2) is 0 Å². The van der Waals surface area contributed by atoms with Crippen LogP contribution in [0.15, 0.2) is 101 Å². The van der Waals surface area contributed by atoms with E-state index in [1.165, 1.54) is 25.9 Å². The number of nitrogens with zero attached hydrogens (tertiary/aromatic N) is 4. The summed E-state index contributed by atoms with van der Waals surface area (Å²) in [7, 11) is 4.01. The molecule has 0 N–H and O–H groups in total. The van der Waals surface area contributed by atoms with Crippen LogP contribution in [0, 0.1) is 0 Å². The Hall–Kier alpha value is -3.27. The van der Waals surface area contributed by atoms with E-state index in [0.717, 1.165) is 40.1 Å². The molecule has 0 fully saturated rings. The largest absolute Gasteiger partial charge is 1.00 e. The van der Waals surface area contributed by atoms with Crippen molar-refractivity contribution in [2.75, 3.05) is 30.4 Å². The van der Waals surface area contributed by atoms with E-state index in [9.17, 15) is 0 Å². The fourth-order valence-electron chi connectivity index (χ4n) is 7.43. The van der Waals surface area contributed by atoms with Crippen molar-refractivity contribution >= 4 is 35.3 Å². The first-order valence-corrected chi connectivity index (χ1v) is 14.8. The van der Waals surface area contributed by atoms with Crippen LogP contribution >= 0.6 is 0 Å². The summed E-state index contributed by atoms with van der Waals surface area (Å²) < 4.78 is 35.9. The molecular weight excluding hydrogens is 652 g/mol. The maximum Gasteiger partial charge on any atom is 0.923 e. The molecule has 2 aromatic carbocycles. The van der Waals surface area contributed by atoms with Crippen molar-refractivity contribution in [3.05, 3.63) is 112 Å². The van der Waals surface area contributed by atoms with E-state index in [1.54, 1.807) is 6.92 Å². The first-order valence-electron chi connectivity index (χ1n) is 14.8. The van der Waals surface area contributed by atoms with Crippen molar-refractivity contribution in [1.29, 1.82) is 0 Å². The van der Waals surface area contributed by atoms with Crippen LogP contribution in [0.5, 0.6) is 0 Å². The van der Waals surface area contributed by atoms with Gasteiger partial charge in [0.1, 0.15) is 17.0 Å². The van der Waals surface area contributed by atoms with E-state index in [4.69, 9.17) is 0 Å². The minimum atomic E-state index is -4.09. The normalized spacial score (nSPS) is 21.9. The first kappa shape index (κ1) is 31.2. The molecule has 224 valence electrons. The molecule has 4 heterocycles. The van der Waals surface area contributed by atoms with E-state index in [-0.39, 0.29) is 29.4 Å². The van der Waals surface area contributed by atoms with Gasteiger partial charge in [-0.15, -0.1) is 0 Å². The van der Waals surface area contributed by atoms with Crippen LogP contribution in [0.4, 0.5) is 20.0 Å². The quantitative estimate of drug-likeness (QED) is 0.342. The molecule has 4 aliphatic heterocycles. The van der Waals surface area contributed by atoms with Crippen molar-refractivity contribution in [1.82, 2.24) is 0 Å². The lowest BCUT2D eigenvalue weighted by Crippen LogP contribution is -3.00. The Bertz CT molecular complexity index is 1770. The third kappa shape index (κ3) is 4.42. The highest BCUT2D eigenvalue weighted by atomic mass is 127. The Morgan fingerprint density at radius 3 is 2.19 bits per heavy atom. The predicted octanol–water partition coefficient (Wildman–Crippen LogP) is 4.68. The molecule has 0 aliphatic carbocycles. The predicted molar refractivity (Wildman–Crippen MR) is 173 cm³/mol. The maximum atomic E-state index is 16.7. The minimum absolute atomic E-state index is 0. The molecular formula is C35H40BF2IN4. The maximum absolute atomic E-state index is 16.7. The van der Waals surface area contributed by atoms with Crippen LogP contribution in [0.3, 0.4) is 0 Å². The molecule has 0 spiro atoms. The molecule has 4 nitrogen and oxygen atoms in total. The van der Waals surface area contributed by atoms with Crippen LogP contribution in [0.1, 0.15) is 59.6 Å². The fourth-order valence-corrected chi connectivity index (χ4v) is 7.43. The second-order valence-corrected chi connectivity index (χ2v) is 12.5. The lowest BCUT2D eigenvalue weighted by atomic mass is 9.82. The summed E-state index contributed by atoms with van der Waals surface area (Å²) >= 11 is 0. The molecule has 0 saturated heterocycles. The second kappa shape index (κ2) is 10.7. The monoisotopic (exact) mass is 692 g/mol. The third-order valence-electron chi connectivity index (χ3n) is 9.46. The van der Waals surface area contributed by atoms with E-state index < -0.39 is 6.97 Å². The van der Waals surface area contributed by atoms with Crippen molar-refractivity contribution in [2.24, 2.45) is 0 Å². The van der Waals surface area contributed by atoms with Crippen molar-refractivity contribution in [2.45, 2.75) is 53.9 Å². The lowest BCUT2D eigenvalue weighted by Gasteiger charge is -2.28. The van der Waals surface area contributed by atoms with Crippen LogP contribution in [0.25, 0.3) is 5.57 Å². The van der Waals surface area contributed by atoms with Crippen LogP contribution < -0.4 is 33.8 Å². The summed E-state index contributed by atoms with van der Waals surface area (Å²) in [5.41, 5.74) is 11.3. The SMILES string of the molecule is CCN1/C(=C\C=C2\C(C)=C3C(c4ccc(N(C)C)cc4)=C4C(C)=CC(C)=[N+]4[B-](F)(F)[N+]3=C2C)C(C)(C)c2ccccc21.[I-]. The molecule has 0 unspecified atom stereocenters. The first-order chi connectivity index (χ1) is 19.8. The molecule has 0 atom stereocenters. The summed E-state index contributed by atoms with van der Waals surface area (Å²) in [4.78, 5) is 4.39. The molecule has 0 radical (unpaired) electrons. The molecule has 4 aliphatic rings. The number of likely N-dealkylation sites (N-methyl/N-ethyl adjacent to an activating group) is 1. The van der Waals surface area contributed by atoms with Crippen molar-refractivity contribution in [3.63, 3.8) is 0 Å². The van der Waals surface area contributed by atoms with Crippen LogP contribution in [-0.4, -0.2) is 48.0 Å². The van der Waals surface area contributed by atoms with E-state index in [2.05, 4.69) is 86.4 Å². The summed E-state index contributed by atoms with van der Waals surface area (Å²) in [6.45, 7) is 10.9. The number of allylic oxidation sites excluding steroid dienone is 8. The Labute approximate surface area is 271 Å². The van der Waals surface area contributed by atoms with Crippen molar-refractivity contribution in [3.8, 4) is 0 Å². The number of fused-ring (bicyclic) bond motifs is 3. The number of halogens is 3. The molecule has 0 bridgehead atoms. The summed E-state index contributed by atoms with van der Waals surface area (Å²) in [6.07, 6.45) is 6.10. The number of hydrogen-bond acceptors (Lipinski definition) is 2. The smallest absolute Gasteiger partial charge is 0.923 e. The molecule has 6 rings (SSSR count). The Kier molecular flexibility index (Phi) is 7.77. The van der Waals surface area contributed by atoms with Gasteiger partial charge in [0.25, 0.3) is 0 Å². The number of benzene rings is 2. The number of hydrogen-bond donors (Lipinski definition) is 0. The topological polar surface area (TPSA) is 12.5 Å². The van der Waals surface area contributed by atoms with E-state index >= 15 is 8.63 Å². The molecule has 43 heavy (non-hydrogen) atoms. The van der Waals surface area contributed by atoms with Gasteiger partial charge in [0.15, 0.2) is 11.4 Å². The summed E-state index contributed by atoms with van der Waals surface area (Å²) in [5.74, 6) is 0. The van der Waals surface area contributed by atoms with Gasteiger partial charge < -0.3 is 42.4 Å². The van der Waals surface area contributed by atoms with Gasteiger partial charge in [0.05, 0.1) is 0 Å². The zero-order valence-electron chi connectivity index (χ0n) is 26.6. The molecule has 0 saturated carbocycles. The van der Waals surface area contributed by atoms with E-state index in [1.807, 2.05) is 45.8 Å². The molecule has 0 aromatic heterocycles. The van der Waals surface area contributed by atoms with Crippen LogP contribution in [0.2, 0.25) is 0 Å². The lowest BCUT2D eigenvalue weighted by molar-refractivity contribution is -0.518. The highest BCUT2D eigenvalue weighted by molar-refractivity contribution is 6.52. The molecule has 2 aromatic rings. The Morgan fingerprint density at radius 1 is 0.907 bits per heavy atom. The second-order valence-electron chi connectivity index (χ2n) is 12.5. The minimum Gasteiger partial charge on any atom is -1.00 e. The zero-order chi connectivity index (χ0) is 30.3. The van der Waals surface area contributed by atoms with E-state index in [0.29, 0.717) is 22.8 Å². The van der Waals surface area contributed by atoms with Crippen molar-refractivity contribution < 1.29 is 41.6 Å². The van der Waals surface area contributed by atoms with Gasteiger partial charge in [-0.3, -0.25) is 8.97 Å². The van der Waals surface area contributed by atoms with Gasteiger partial charge in [0.2, 0.25) is 0 Å². The standard InChI is InChI=1S/C35H40BF2N4.HI/c1-10-40-30-14-12-11-13-29(30)35(6,7)31(40)20-19-28-24(4)34-32(26-15-17-27(18-16-26)39(8)9)33-22(2)21-23(3)41(33)36(37,38)42(34)25(28)5;/h11-21H,10H2,1-9H3;1H/q+1;/p-1/b28-19-,31-20-;. The number of anilines is 2. The average Bonchev–Trinajstić information content (AvgIpc) is 3.47. The number of rotatable bonds is 4. The Balaban J connectivity index is 0.00000368. The zero-order valence-corrected chi connectivity index (χ0v) is 28.7. The van der Waals surface area contributed by atoms with Gasteiger partial charge >= 0.3 is 6.97 Å². The Morgan fingerprint density at radius 2 is 1.56 bits per heavy atom.